The number of morpholine rings is 1. The normalized spacial score (nSPS) is 20.9. The van der Waals surface area contributed by atoms with E-state index in [0.29, 0.717) is 50.3 Å². The third-order valence-corrected chi connectivity index (χ3v) is 5.03. The van der Waals surface area contributed by atoms with Crippen LogP contribution in [0.25, 0.3) is 0 Å². The maximum absolute atomic E-state index is 12.0. The number of nitrogens with one attached hydrogen (secondary N) is 1. The Kier molecular flexibility index (Phi) is 6.88. The van der Waals surface area contributed by atoms with E-state index < -0.39 is 17.1 Å². The van der Waals surface area contributed by atoms with Gasteiger partial charge in [0.1, 0.15) is 15.7 Å². The van der Waals surface area contributed by atoms with E-state index in [1.807, 2.05) is 11.0 Å². The number of rotatable bonds is 6. The third kappa shape index (κ3) is 4.89. The number of nitro groups is 1. The molecule has 2 aliphatic rings. The van der Waals surface area contributed by atoms with Gasteiger partial charge in [-0.25, -0.2) is 4.98 Å². The monoisotopic (exact) mass is 433 g/mol. The lowest BCUT2D eigenvalue weighted by Gasteiger charge is -2.29. The molecule has 1 saturated heterocycles. The van der Waals surface area contributed by atoms with Crippen LogP contribution >= 0.6 is 34.8 Å². The van der Waals surface area contributed by atoms with Gasteiger partial charge in [0.2, 0.25) is 0 Å². The van der Waals surface area contributed by atoms with Crippen LogP contribution < -0.4 is 5.32 Å². The van der Waals surface area contributed by atoms with Crippen molar-refractivity contribution in [3.05, 3.63) is 49.2 Å². The molecule has 0 bridgehead atoms. The summed E-state index contributed by atoms with van der Waals surface area (Å²) >= 11 is 17.9. The molecular formula is C16H18Cl3N5O3. The van der Waals surface area contributed by atoms with Crippen LogP contribution in [0.4, 0.5) is 0 Å². The van der Waals surface area contributed by atoms with Gasteiger partial charge in [-0.3, -0.25) is 15.1 Å². The minimum Gasteiger partial charge on any atom is -0.371 e. The molecule has 3 heterocycles. The average Bonchev–Trinajstić information content (AvgIpc) is 3.09. The van der Waals surface area contributed by atoms with E-state index in [2.05, 4.69) is 15.3 Å². The topological polar surface area (TPSA) is 92.9 Å². The van der Waals surface area contributed by atoms with Gasteiger partial charge in [-0.05, 0) is 11.6 Å². The summed E-state index contributed by atoms with van der Waals surface area (Å²) in [6, 6.07) is 2.23. The highest BCUT2D eigenvalue weighted by Gasteiger charge is 2.43. The van der Waals surface area contributed by atoms with Crippen molar-refractivity contribution in [3.63, 3.8) is 0 Å². The fraction of sp³-hybridized carbons (Fsp3) is 0.500. The van der Waals surface area contributed by atoms with Crippen LogP contribution in [0.5, 0.6) is 0 Å². The van der Waals surface area contributed by atoms with Crippen LogP contribution in [0, 0.1) is 10.1 Å². The highest BCUT2D eigenvalue weighted by Crippen LogP contribution is 2.28. The second kappa shape index (κ2) is 9.16. The number of hydrogen-bond donors (Lipinski definition) is 1. The maximum atomic E-state index is 12.0. The fourth-order valence-electron chi connectivity index (χ4n) is 3.15. The Morgan fingerprint density at radius 3 is 2.89 bits per heavy atom. The first-order valence-corrected chi connectivity index (χ1v) is 9.51. The number of halogens is 3. The average molecular weight is 435 g/mol. The minimum atomic E-state index is -1.28. The van der Waals surface area contributed by atoms with Gasteiger partial charge in [0.05, 0.1) is 18.7 Å². The summed E-state index contributed by atoms with van der Waals surface area (Å²) in [5, 5.41) is 15.5. The molecule has 27 heavy (non-hydrogen) atoms. The number of aliphatic imine (C=N–C) groups is 1. The Morgan fingerprint density at radius 2 is 2.30 bits per heavy atom. The Bertz CT molecular complexity index is 746. The highest BCUT2D eigenvalue weighted by atomic mass is 35.5. The summed E-state index contributed by atoms with van der Waals surface area (Å²) in [6.07, 6.45) is 1.06. The zero-order valence-electron chi connectivity index (χ0n) is 14.3. The zero-order chi connectivity index (χ0) is 19.4. The molecule has 0 aromatic carbocycles. The van der Waals surface area contributed by atoms with Crippen LogP contribution in [0.3, 0.4) is 0 Å². The summed E-state index contributed by atoms with van der Waals surface area (Å²) in [5.74, 6) is 0.318. The molecule has 2 atom stereocenters. The number of nitrogens with zero attached hydrogens (tertiary/aromatic N) is 4. The van der Waals surface area contributed by atoms with Crippen molar-refractivity contribution in [1.82, 2.24) is 15.2 Å². The summed E-state index contributed by atoms with van der Waals surface area (Å²) in [6.45, 7) is 2.92. The molecule has 1 aromatic heterocycles. The van der Waals surface area contributed by atoms with E-state index in [0.717, 1.165) is 5.56 Å². The summed E-state index contributed by atoms with van der Waals surface area (Å²) in [7, 11) is 0. The van der Waals surface area contributed by atoms with E-state index in [4.69, 9.17) is 39.5 Å². The van der Waals surface area contributed by atoms with Crippen LogP contribution in [-0.2, 0) is 11.3 Å². The quantitative estimate of drug-likeness (QED) is 0.419. The predicted molar refractivity (Wildman–Crippen MR) is 104 cm³/mol. The lowest BCUT2D eigenvalue weighted by molar-refractivity contribution is -0.495. The van der Waals surface area contributed by atoms with Crippen LogP contribution in [-0.4, -0.2) is 65.6 Å². The minimum absolute atomic E-state index is 0.159. The van der Waals surface area contributed by atoms with Crippen molar-refractivity contribution in [2.75, 3.05) is 32.8 Å². The molecule has 0 radical (unpaired) electrons. The van der Waals surface area contributed by atoms with Gasteiger partial charge in [-0.1, -0.05) is 40.9 Å². The zero-order valence-corrected chi connectivity index (χ0v) is 16.5. The Balaban J connectivity index is 1.87. The first kappa shape index (κ1) is 20.3. The molecule has 1 N–H and O–H groups in total. The number of ether oxygens (including phenoxy) is 1. The Morgan fingerprint density at radius 1 is 1.48 bits per heavy atom. The van der Waals surface area contributed by atoms with Crippen molar-refractivity contribution in [2.24, 2.45) is 4.99 Å². The van der Waals surface area contributed by atoms with Gasteiger partial charge in [-0.2, -0.15) is 0 Å². The predicted octanol–water partition coefficient (Wildman–Crippen LogP) is 2.27. The van der Waals surface area contributed by atoms with Crippen LogP contribution in [0.15, 0.2) is 33.4 Å². The summed E-state index contributed by atoms with van der Waals surface area (Å²) < 4.78 is 5.51. The molecule has 2 aliphatic heterocycles. The van der Waals surface area contributed by atoms with Crippen molar-refractivity contribution in [2.45, 2.75) is 18.7 Å². The van der Waals surface area contributed by atoms with Gasteiger partial charge in [-0.15, -0.1) is 0 Å². The molecule has 3 rings (SSSR count). The third-order valence-electron chi connectivity index (χ3n) is 4.37. The van der Waals surface area contributed by atoms with Crippen molar-refractivity contribution >= 4 is 40.6 Å². The molecule has 146 valence electrons. The lowest BCUT2D eigenvalue weighted by atomic mass is 10.0. The molecule has 0 aliphatic carbocycles. The molecule has 1 aromatic rings. The van der Waals surface area contributed by atoms with Crippen molar-refractivity contribution in [1.29, 1.82) is 0 Å². The molecule has 0 saturated carbocycles. The van der Waals surface area contributed by atoms with Crippen LogP contribution in [0.1, 0.15) is 5.56 Å². The van der Waals surface area contributed by atoms with E-state index in [1.54, 1.807) is 12.3 Å². The molecule has 0 amide bonds. The maximum Gasteiger partial charge on any atom is 0.295 e. The Hall–Kier alpha value is -1.45. The highest BCUT2D eigenvalue weighted by molar-refractivity contribution is 6.56. The van der Waals surface area contributed by atoms with Crippen LogP contribution in [0.2, 0.25) is 5.15 Å². The largest absolute Gasteiger partial charge is 0.371 e. The molecule has 2 unspecified atom stereocenters. The Labute approximate surface area is 171 Å². The molecule has 11 heteroatoms. The van der Waals surface area contributed by atoms with Gasteiger partial charge < -0.3 is 15.0 Å². The number of aromatic nitrogens is 1. The number of hydrogen-bond acceptors (Lipinski definition) is 7. The SMILES string of the molecule is O=[N+]([O-])C(C1=NCCN1Cc1ccc(Cl)nc1)C(=C(Cl)Cl)C1CNCCO1. The van der Waals surface area contributed by atoms with E-state index in [1.165, 1.54) is 0 Å². The fourth-order valence-corrected chi connectivity index (χ4v) is 3.71. The smallest absolute Gasteiger partial charge is 0.295 e. The van der Waals surface area contributed by atoms with Gasteiger partial charge >= 0.3 is 0 Å². The second-order valence-electron chi connectivity index (χ2n) is 6.12. The number of amidine groups is 1. The van der Waals surface area contributed by atoms with Gasteiger partial charge in [0, 0.05) is 37.3 Å². The van der Waals surface area contributed by atoms with E-state index in [9.17, 15) is 10.1 Å². The van der Waals surface area contributed by atoms with E-state index >= 15 is 0 Å². The summed E-state index contributed by atoms with van der Waals surface area (Å²) in [4.78, 5) is 21.8. The van der Waals surface area contributed by atoms with E-state index in [-0.39, 0.29) is 10.1 Å². The van der Waals surface area contributed by atoms with Gasteiger partial charge in [0.15, 0.2) is 5.84 Å². The summed E-state index contributed by atoms with van der Waals surface area (Å²) in [5.41, 5.74) is 1.09. The first-order valence-electron chi connectivity index (χ1n) is 8.38. The number of pyridine rings is 1. The van der Waals surface area contributed by atoms with Gasteiger partial charge in [0.25, 0.3) is 6.04 Å². The molecule has 1 fully saturated rings. The molecule has 8 nitrogen and oxygen atoms in total. The lowest BCUT2D eigenvalue weighted by Crippen LogP contribution is -2.48. The standard InChI is InChI=1S/C16H18Cl3N5O3/c17-12-2-1-10(7-22-12)9-23-5-3-21-16(23)14(24(25)26)13(15(18)19)11-8-20-4-6-27-11/h1-2,7,11,14,20H,3-6,8-9H2. The second-order valence-corrected chi connectivity index (χ2v) is 7.45. The first-order chi connectivity index (χ1) is 13.0. The van der Waals surface area contributed by atoms with Crippen molar-refractivity contribution in [3.8, 4) is 0 Å². The molecule has 0 spiro atoms. The molecular weight excluding hydrogens is 417 g/mol. The van der Waals surface area contributed by atoms with Crippen molar-refractivity contribution < 1.29 is 9.66 Å².